The minimum atomic E-state index is -1.01. The molecule has 2 heterocycles. The van der Waals surface area contributed by atoms with E-state index in [-0.39, 0.29) is 12.1 Å². The standard InChI is InChI=1S/C27H35BrN3O2/c1-18-5-8-24-23(11-18)29-17-31(24,27(2,3)32)25-9-10-30(16-26(25)33-4)15-19-12-20-6-7-22(28)14-21(20)13-19/h5-8,11,14,17,19,25-26,32H,9-10,12-13,15-16H2,1-4H3/q+1/t19-,25+,26+,31?/m0/s1. The van der Waals surface area contributed by atoms with Gasteiger partial charge in [-0.05, 0) is 60.6 Å². The number of aliphatic imine (C=N–C) groups is 1. The quantitative estimate of drug-likeness (QED) is 0.575. The molecule has 1 saturated heterocycles. The highest BCUT2D eigenvalue weighted by atomic mass is 79.9. The zero-order valence-electron chi connectivity index (χ0n) is 20.1. The first-order chi connectivity index (χ1) is 15.7. The van der Waals surface area contributed by atoms with E-state index >= 15 is 0 Å². The number of hydrogen-bond donors (Lipinski definition) is 1. The van der Waals surface area contributed by atoms with Crippen LogP contribution in [0.2, 0.25) is 0 Å². The van der Waals surface area contributed by atoms with Gasteiger partial charge in [0.1, 0.15) is 17.8 Å². The van der Waals surface area contributed by atoms with Gasteiger partial charge in [-0.1, -0.05) is 28.1 Å². The van der Waals surface area contributed by atoms with Gasteiger partial charge in [0.15, 0.2) is 12.0 Å². The highest BCUT2D eigenvalue weighted by Crippen LogP contribution is 2.47. The molecule has 0 saturated carbocycles. The summed E-state index contributed by atoms with van der Waals surface area (Å²) in [5, 5.41) is 11.5. The van der Waals surface area contributed by atoms with E-state index in [4.69, 9.17) is 9.73 Å². The first-order valence-corrected chi connectivity index (χ1v) is 12.8. The van der Waals surface area contributed by atoms with Crippen molar-refractivity contribution < 1.29 is 9.84 Å². The number of piperidine rings is 1. The molecule has 4 atom stereocenters. The van der Waals surface area contributed by atoms with Crippen LogP contribution in [0.1, 0.15) is 37.0 Å². The maximum atomic E-state index is 11.5. The Morgan fingerprint density at radius 1 is 1.18 bits per heavy atom. The predicted molar refractivity (Wildman–Crippen MR) is 138 cm³/mol. The zero-order valence-corrected chi connectivity index (χ0v) is 21.7. The van der Waals surface area contributed by atoms with Crippen LogP contribution in [0, 0.1) is 12.8 Å². The molecule has 1 aliphatic carbocycles. The molecule has 5 nitrogen and oxygen atoms in total. The maximum absolute atomic E-state index is 11.5. The molecule has 0 radical (unpaired) electrons. The van der Waals surface area contributed by atoms with Crippen molar-refractivity contribution in [3.63, 3.8) is 0 Å². The van der Waals surface area contributed by atoms with E-state index in [2.05, 4.69) is 64.2 Å². The fourth-order valence-corrected chi connectivity index (χ4v) is 6.78. The van der Waals surface area contributed by atoms with Gasteiger partial charge in [0, 0.05) is 57.6 Å². The fraction of sp³-hybridized carbons (Fsp3) is 0.519. The smallest absolute Gasteiger partial charge is 0.205 e. The molecule has 176 valence electrons. The minimum Gasteiger partial charge on any atom is -0.374 e. The summed E-state index contributed by atoms with van der Waals surface area (Å²) in [5.74, 6) is 0.651. The molecule has 1 fully saturated rings. The summed E-state index contributed by atoms with van der Waals surface area (Å²) >= 11 is 3.62. The molecular formula is C27H35BrN3O2+. The van der Waals surface area contributed by atoms with Crippen molar-refractivity contribution >= 4 is 33.6 Å². The third-order valence-corrected chi connectivity index (χ3v) is 8.44. The van der Waals surface area contributed by atoms with Crippen LogP contribution in [-0.2, 0) is 17.6 Å². The van der Waals surface area contributed by atoms with Crippen LogP contribution in [0.4, 0.5) is 11.4 Å². The normalized spacial score (nSPS) is 29.3. The van der Waals surface area contributed by atoms with Crippen LogP contribution in [0.5, 0.6) is 0 Å². The number of halogens is 1. The topological polar surface area (TPSA) is 45.1 Å². The lowest BCUT2D eigenvalue weighted by atomic mass is 9.92. The van der Waals surface area contributed by atoms with Crippen LogP contribution in [-0.4, -0.2) is 61.0 Å². The summed E-state index contributed by atoms with van der Waals surface area (Å²) in [6.45, 7) is 8.87. The second-order valence-electron chi connectivity index (χ2n) is 10.6. The SMILES string of the molecule is CO[C@@H]1CN(C[C@H]2Cc3ccc(Br)cc3C2)CC[C@H]1[N+]1(C(C)(C)O)C=Nc2cc(C)ccc21. The Labute approximate surface area is 205 Å². The van der Waals surface area contributed by atoms with Crippen molar-refractivity contribution in [2.45, 2.75) is 57.9 Å². The third kappa shape index (κ3) is 4.00. The summed E-state index contributed by atoms with van der Waals surface area (Å²) in [6, 6.07) is 13.2. The van der Waals surface area contributed by atoms with Crippen molar-refractivity contribution in [1.82, 2.24) is 9.38 Å². The van der Waals surface area contributed by atoms with E-state index in [1.165, 1.54) is 21.2 Å². The molecule has 3 aliphatic rings. The average molecular weight is 514 g/mol. The number of nitrogens with zero attached hydrogens (tertiary/aromatic N) is 3. The molecule has 5 rings (SSSR count). The van der Waals surface area contributed by atoms with Gasteiger partial charge in [0.2, 0.25) is 5.72 Å². The molecule has 2 aromatic rings. The van der Waals surface area contributed by atoms with E-state index in [0.29, 0.717) is 10.4 Å². The third-order valence-electron chi connectivity index (χ3n) is 7.95. The highest BCUT2D eigenvalue weighted by Gasteiger charge is 2.57. The Kier molecular flexibility index (Phi) is 6.03. The lowest BCUT2D eigenvalue weighted by molar-refractivity contribution is -0.0996. The summed E-state index contributed by atoms with van der Waals surface area (Å²) in [5.41, 5.74) is 5.19. The van der Waals surface area contributed by atoms with Crippen LogP contribution in [0.25, 0.3) is 0 Å². The van der Waals surface area contributed by atoms with Gasteiger partial charge in [-0.2, -0.15) is 4.99 Å². The summed E-state index contributed by atoms with van der Waals surface area (Å²) in [4.78, 5) is 7.34. The van der Waals surface area contributed by atoms with Crippen molar-refractivity contribution in [3.8, 4) is 0 Å². The predicted octanol–water partition coefficient (Wildman–Crippen LogP) is 4.97. The Morgan fingerprint density at radius 3 is 2.73 bits per heavy atom. The first-order valence-electron chi connectivity index (χ1n) is 12.0. The van der Waals surface area contributed by atoms with E-state index in [9.17, 15) is 5.11 Å². The maximum Gasteiger partial charge on any atom is 0.205 e. The number of hydrogen-bond acceptors (Lipinski definition) is 4. The van der Waals surface area contributed by atoms with E-state index < -0.39 is 5.72 Å². The molecular weight excluding hydrogens is 478 g/mol. The second-order valence-corrected chi connectivity index (χ2v) is 11.5. The van der Waals surface area contributed by atoms with Gasteiger partial charge in [-0.15, -0.1) is 0 Å². The number of aryl methyl sites for hydroxylation is 1. The lowest BCUT2D eigenvalue weighted by Gasteiger charge is -2.51. The molecule has 0 spiro atoms. The Bertz CT molecular complexity index is 1080. The van der Waals surface area contributed by atoms with Gasteiger partial charge in [-0.25, -0.2) is 4.48 Å². The molecule has 1 unspecified atom stereocenters. The van der Waals surface area contributed by atoms with Crippen LogP contribution in [0.15, 0.2) is 45.9 Å². The number of ether oxygens (including phenoxy) is 1. The van der Waals surface area contributed by atoms with Gasteiger partial charge in [-0.3, -0.25) is 4.90 Å². The van der Waals surface area contributed by atoms with E-state index in [1.54, 1.807) is 0 Å². The van der Waals surface area contributed by atoms with Gasteiger partial charge in [0.05, 0.1) is 0 Å². The van der Waals surface area contributed by atoms with Crippen LogP contribution in [0.3, 0.4) is 0 Å². The van der Waals surface area contributed by atoms with Crippen LogP contribution < -0.4 is 4.48 Å². The summed E-state index contributed by atoms with van der Waals surface area (Å²) < 4.78 is 7.61. The number of aliphatic hydroxyl groups is 1. The largest absolute Gasteiger partial charge is 0.374 e. The van der Waals surface area contributed by atoms with E-state index in [1.807, 2.05) is 27.3 Å². The number of quaternary nitrogens is 1. The summed E-state index contributed by atoms with van der Waals surface area (Å²) in [6.07, 6.45) is 5.23. The van der Waals surface area contributed by atoms with Gasteiger partial charge < -0.3 is 9.84 Å². The Morgan fingerprint density at radius 2 is 1.97 bits per heavy atom. The molecule has 2 aromatic carbocycles. The van der Waals surface area contributed by atoms with Gasteiger partial charge in [0.25, 0.3) is 0 Å². The number of likely N-dealkylation sites (tertiary alicyclic amines) is 1. The molecule has 0 amide bonds. The van der Waals surface area contributed by atoms with Gasteiger partial charge >= 0.3 is 0 Å². The minimum absolute atomic E-state index is 0.0156. The first kappa shape index (κ1) is 23.2. The van der Waals surface area contributed by atoms with Crippen molar-refractivity contribution in [2.75, 3.05) is 26.7 Å². The van der Waals surface area contributed by atoms with Crippen LogP contribution >= 0.6 is 15.9 Å². The number of rotatable bonds is 5. The molecule has 0 aromatic heterocycles. The molecule has 33 heavy (non-hydrogen) atoms. The number of benzene rings is 2. The van der Waals surface area contributed by atoms with Crippen molar-refractivity contribution in [1.29, 1.82) is 0 Å². The Balaban J connectivity index is 1.36. The Hall–Kier alpha value is -1.57. The molecule has 2 aliphatic heterocycles. The number of fused-ring (bicyclic) bond motifs is 2. The molecule has 0 bridgehead atoms. The monoisotopic (exact) mass is 512 g/mol. The molecule has 6 heteroatoms. The highest BCUT2D eigenvalue weighted by molar-refractivity contribution is 9.10. The lowest BCUT2D eigenvalue weighted by Crippen LogP contribution is -2.72. The fourth-order valence-electron chi connectivity index (χ4n) is 6.37. The average Bonchev–Trinajstić information content (AvgIpc) is 3.34. The summed E-state index contributed by atoms with van der Waals surface area (Å²) in [7, 11) is 1.81. The van der Waals surface area contributed by atoms with Crippen molar-refractivity contribution in [2.24, 2.45) is 10.9 Å². The zero-order chi connectivity index (χ0) is 23.4. The van der Waals surface area contributed by atoms with Crippen molar-refractivity contribution in [3.05, 3.63) is 57.6 Å². The molecule has 1 N–H and O–H groups in total. The second kappa shape index (κ2) is 8.58. The number of methoxy groups -OCH3 is 1. The van der Waals surface area contributed by atoms with E-state index in [0.717, 1.165) is 50.3 Å².